The molecule has 0 bridgehead atoms. The van der Waals surface area contributed by atoms with E-state index >= 15 is 0 Å². The summed E-state index contributed by atoms with van der Waals surface area (Å²) in [5, 5.41) is 3.18. The number of primary amides is 1. The first-order valence-electron chi connectivity index (χ1n) is 9.46. The van der Waals surface area contributed by atoms with Gasteiger partial charge >= 0.3 is 0 Å². The monoisotopic (exact) mass is 380 g/mol. The lowest BCUT2D eigenvalue weighted by Gasteiger charge is -2.54. The van der Waals surface area contributed by atoms with E-state index in [1.54, 1.807) is 48.5 Å². The Kier molecular flexibility index (Phi) is 4.59. The van der Waals surface area contributed by atoms with Crippen LogP contribution in [0.1, 0.15) is 41.0 Å². The Hall–Kier alpha value is -2.86. The van der Waals surface area contributed by atoms with Crippen LogP contribution in [0.3, 0.4) is 0 Å². The molecule has 3 N–H and O–H groups in total. The van der Waals surface area contributed by atoms with Gasteiger partial charge in [0, 0.05) is 35.1 Å². The lowest BCUT2D eigenvalue weighted by molar-refractivity contribution is -0.108. The predicted octanol–water partition coefficient (Wildman–Crippen LogP) is 3.12. The molecule has 146 valence electrons. The van der Waals surface area contributed by atoms with Crippen LogP contribution in [0.5, 0.6) is 11.5 Å². The van der Waals surface area contributed by atoms with Crippen LogP contribution in [0.2, 0.25) is 0 Å². The molecule has 3 atom stereocenters. The molecule has 28 heavy (non-hydrogen) atoms. The lowest BCUT2D eigenvalue weighted by Crippen LogP contribution is -2.66. The van der Waals surface area contributed by atoms with Gasteiger partial charge in [0.1, 0.15) is 11.5 Å². The Balaban J connectivity index is 1.39. The summed E-state index contributed by atoms with van der Waals surface area (Å²) < 4.78 is 11.5. The van der Waals surface area contributed by atoms with Crippen molar-refractivity contribution in [3.05, 3.63) is 59.7 Å². The van der Waals surface area contributed by atoms with Crippen molar-refractivity contribution in [2.24, 2.45) is 17.1 Å². The number of ether oxygens (including phenoxy) is 2. The number of carbonyl (C=O) groups excluding carboxylic acids is 2. The third kappa shape index (κ3) is 3.24. The van der Waals surface area contributed by atoms with Gasteiger partial charge < -0.3 is 20.5 Å². The summed E-state index contributed by atoms with van der Waals surface area (Å²) in [5.41, 5.74) is 6.20. The van der Waals surface area contributed by atoms with Gasteiger partial charge in [-0.15, -0.1) is 0 Å². The van der Waals surface area contributed by atoms with Crippen LogP contribution in [0, 0.1) is 11.3 Å². The highest BCUT2D eigenvalue weighted by molar-refractivity contribution is 5.94. The minimum atomic E-state index is -0.480. The van der Waals surface area contributed by atoms with Crippen molar-refractivity contribution in [3.8, 4) is 11.5 Å². The quantitative estimate of drug-likeness (QED) is 0.834. The minimum absolute atomic E-state index is 0.0447. The Morgan fingerprint density at radius 1 is 1.04 bits per heavy atom. The molecule has 4 rings (SSSR count). The highest BCUT2D eigenvalue weighted by Crippen LogP contribution is 2.52. The second-order valence-corrected chi connectivity index (χ2v) is 8.03. The van der Waals surface area contributed by atoms with Crippen molar-refractivity contribution in [2.75, 3.05) is 6.61 Å². The number of amides is 2. The molecule has 0 aromatic heterocycles. The molecule has 1 aliphatic carbocycles. The van der Waals surface area contributed by atoms with Gasteiger partial charge in [0.25, 0.3) is 5.91 Å². The Bertz CT molecular complexity index is 890. The van der Waals surface area contributed by atoms with Gasteiger partial charge in [-0.3, -0.25) is 9.59 Å². The molecule has 2 amide bonds. The highest BCUT2D eigenvalue weighted by atomic mass is 16.5. The fourth-order valence-electron chi connectivity index (χ4n) is 4.34. The van der Waals surface area contributed by atoms with Gasteiger partial charge in [-0.1, -0.05) is 13.8 Å². The standard InChI is InChI=1S/C22H24N2O4/c1-22(2)18(17-11-12-27-19(17)22)24-21(26)14-5-9-16(10-6-14)28-15-7-3-13(4-8-15)20(23)25/h3-10,17-19H,11-12H2,1-2H3,(H2,23,25)(H,24,26)/t17-,18+,19-/m0/s1. The van der Waals surface area contributed by atoms with Crippen LogP contribution in [0.15, 0.2) is 48.5 Å². The van der Waals surface area contributed by atoms with E-state index in [0.717, 1.165) is 13.0 Å². The average Bonchev–Trinajstić information content (AvgIpc) is 3.14. The van der Waals surface area contributed by atoms with Crippen LogP contribution in [0.25, 0.3) is 0 Å². The normalized spacial score (nSPS) is 24.7. The predicted molar refractivity (Wildman–Crippen MR) is 104 cm³/mol. The zero-order chi connectivity index (χ0) is 19.9. The van der Waals surface area contributed by atoms with E-state index in [2.05, 4.69) is 19.2 Å². The molecule has 2 aromatic rings. The smallest absolute Gasteiger partial charge is 0.251 e. The maximum atomic E-state index is 12.7. The number of fused-ring (bicyclic) bond motifs is 1. The summed E-state index contributed by atoms with van der Waals surface area (Å²) in [5.74, 6) is 1.04. The summed E-state index contributed by atoms with van der Waals surface area (Å²) in [6.07, 6.45) is 1.25. The minimum Gasteiger partial charge on any atom is -0.457 e. The SMILES string of the molecule is CC1(C)[C@H](NC(=O)c2ccc(Oc3ccc(C(N)=O)cc3)cc2)[C@@H]2CCO[C@@H]21. The molecule has 1 saturated carbocycles. The number of hydrogen-bond acceptors (Lipinski definition) is 4. The van der Waals surface area contributed by atoms with E-state index in [-0.39, 0.29) is 23.5 Å². The molecule has 0 radical (unpaired) electrons. The lowest BCUT2D eigenvalue weighted by atomic mass is 9.57. The molecule has 0 spiro atoms. The van der Waals surface area contributed by atoms with E-state index in [0.29, 0.717) is 28.5 Å². The number of nitrogens with two attached hydrogens (primary N) is 1. The first-order chi connectivity index (χ1) is 13.4. The topological polar surface area (TPSA) is 90.6 Å². The van der Waals surface area contributed by atoms with Gasteiger partial charge in [-0.2, -0.15) is 0 Å². The third-order valence-electron chi connectivity index (χ3n) is 5.88. The van der Waals surface area contributed by atoms with E-state index in [9.17, 15) is 9.59 Å². The molecule has 0 unspecified atom stereocenters. The van der Waals surface area contributed by atoms with Gasteiger partial charge in [-0.05, 0) is 55.0 Å². The maximum Gasteiger partial charge on any atom is 0.251 e. The molecular weight excluding hydrogens is 356 g/mol. The van der Waals surface area contributed by atoms with Gasteiger partial charge in [0.2, 0.25) is 5.91 Å². The molecule has 2 aliphatic rings. The van der Waals surface area contributed by atoms with Gasteiger partial charge in [0.15, 0.2) is 0 Å². The largest absolute Gasteiger partial charge is 0.457 e. The summed E-state index contributed by atoms with van der Waals surface area (Å²) in [6, 6.07) is 13.7. The Morgan fingerprint density at radius 3 is 2.18 bits per heavy atom. The Labute approximate surface area is 164 Å². The average molecular weight is 380 g/mol. The number of benzene rings is 2. The molecule has 1 heterocycles. The van der Waals surface area contributed by atoms with Crippen molar-refractivity contribution < 1.29 is 19.1 Å². The first-order valence-corrected chi connectivity index (χ1v) is 9.46. The number of hydrogen-bond donors (Lipinski definition) is 2. The summed E-state index contributed by atoms with van der Waals surface area (Å²) in [7, 11) is 0. The third-order valence-corrected chi connectivity index (χ3v) is 5.88. The first kappa shape index (κ1) is 18.5. The summed E-state index contributed by atoms with van der Waals surface area (Å²) >= 11 is 0. The van der Waals surface area contributed by atoms with Crippen molar-refractivity contribution in [2.45, 2.75) is 32.4 Å². The van der Waals surface area contributed by atoms with Crippen molar-refractivity contribution in [3.63, 3.8) is 0 Å². The van der Waals surface area contributed by atoms with Crippen molar-refractivity contribution >= 4 is 11.8 Å². The molecular formula is C22H24N2O4. The molecule has 1 saturated heterocycles. The zero-order valence-corrected chi connectivity index (χ0v) is 16.0. The molecule has 6 nitrogen and oxygen atoms in total. The summed E-state index contributed by atoms with van der Waals surface area (Å²) in [4.78, 5) is 23.8. The second kappa shape index (κ2) is 6.95. The number of carbonyl (C=O) groups is 2. The Morgan fingerprint density at radius 2 is 1.61 bits per heavy atom. The fraction of sp³-hybridized carbons (Fsp3) is 0.364. The van der Waals surface area contributed by atoms with E-state index in [4.69, 9.17) is 15.2 Å². The van der Waals surface area contributed by atoms with Crippen molar-refractivity contribution in [1.29, 1.82) is 0 Å². The van der Waals surface area contributed by atoms with E-state index in [1.807, 2.05) is 0 Å². The molecule has 1 aliphatic heterocycles. The van der Waals surface area contributed by atoms with Crippen LogP contribution in [0.4, 0.5) is 0 Å². The van der Waals surface area contributed by atoms with Crippen LogP contribution in [-0.2, 0) is 4.74 Å². The molecule has 6 heteroatoms. The van der Waals surface area contributed by atoms with Gasteiger partial charge in [0.05, 0.1) is 6.10 Å². The molecule has 2 aromatic carbocycles. The maximum absolute atomic E-state index is 12.7. The highest BCUT2D eigenvalue weighted by Gasteiger charge is 2.59. The second-order valence-electron chi connectivity index (χ2n) is 8.03. The zero-order valence-electron chi connectivity index (χ0n) is 16.0. The number of nitrogens with one attached hydrogen (secondary N) is 1. The van der Waals surface area contributed by atoms with Crippen LogP contribution < -0.4 is 15.8 Å². The van der Waals surface area contributed by atoms with E-state index < -0.39 is 5.91 Å². The summed E-state index contributed by atoms with van der Waals surface area (Å²) in [6.45, 7) is 5.06. The van der Waals surface area contributed by atoms with Gasteiger partial charge in [-0.25, -0.2) is 0 Å². The van der Waals surface area contributed by atoms with Crippen LogP contribution in [-0.4, -0.2) is 30.6 Å². The van der Waals surface area contributed by atoms with Crippen LogP contribution >= 0.6 is 0 Å². The van der Waals surface area contributed by atoms with Crippen molar-refractivity contribution in [1.82, 2.24) is 5.32 Å². The molecule has 2 fully saturated rings. The van der Waals surface area contributed by atoms with E-state index in [1.165, 1.54) is 0 Å². The number of rotatable bonds is 5. The fourth-order valence-corrected chi connectivity index (χ4v) is 4.34.